The molecule has 0 fully saturated rings. The number of benzene rings is 2. The maximum atomic E-state index is 6.17. The first-order valence-corrected chi connectivity index (χ1v) is 10.8. The highest BCUT2D eigenvalue weighted by atomic mass is 35.5. The summed E-state index contributed by atoms with van der Waals surface area (Å²) in [4.78, 5) is 4.60. The number of hydrogen-bond donors (Lipinski definition) is 1. The van der Waals surface area contributed by atoms with Crippen molar-refractivity contribution in [1.29, 1.82) is 0 Å². The summed E-state index contributed by atoms with van der Waals surface area (Å²) in [6.07, 6.45) is 9.84. The highest BCUT2D eigenvalue weighted by Crippen LogP contribution is 2.38. The second-order valence-corrected chi connectivity index (χ2v) is 7.32. The van der Waals surface area contributed by atoms with Gasteiger partial charge in [-0.2, -0.15) is 0 Å². The molecule has 3 aromatic rings. The molecule has 0 amide bonds. The summed E-state index contributed by atoms with van der Waals surface area (Å²) in [6, 6.07) is 16.4. The van der Waals surface area contributed by atoms with Gasteiger partial charge in [-0.05, 0) is 53.9 Å². The molecular weight excluding hydrogens is 396 g/mol. The van der Waals surface area contributed by atoms with E-state index in [-0.39, 0.29) is 0 Å². The minimum atomic E-state index is -0.489. The van der Waals surface area contributed by atoms with Crippen LogP contribution in [0, 0.1) is 12.8 Å². The van der Waals surface area contributed by atoms with Crippen LogP contribution >= 0.6 is 22.9 Å². The predicted octanol–water partition coefficient (Wildman–Crippen LogP) is 7.17. The van der Waals surface area contributed by atoms with Crippen molar-refractivity contribution in [2.75, 3.05) is 6.54 Å². The van der Waals surface area contributed by atoms with Crippen LogP contribution in [0.1, 0.15) is 38.3 Å². The Labute approximate surface area is 184 Å². The number of likely N-dealkylation sites (N-methyl/N-ethyl adjacent to an activating group) is 1. The molecule has 1 atom stereocenters. The fourth-order valence-electron chi connectivity index (χ4n) is 3.15. The summed E-state index contributed by atoms with van der Waals surface area (Å²) in [5.41, 5.74) is 3.89. The molecule has 29 heavy (non-hydrogen) atoms. The van der Waals surface area contributed by atoms with E-state index in [2.05, 4.69) is 73.9 Å². The van der Waals surface area contributed by atoms with E-state index in [0.717, 1.165) is 38.8 Å². The van der Waals surface area contributed by atoms with Gasteiger partial charge in [-0.1, -0.05) is 69.3 Å². The topological polar surface area (TPSA) is 24.9 Å². The largest absolute Gasteiger partial charge is 0.299 e. The summed E-state index contributed by atoms with van der Waals surface area (Å²) in [5.74, 6) is 0. The third kappa shape index (κ3) is 5.58. The Morgan fingerprint density at radius 3 is 2.28 bits per heavy atom. The van der Waals surface area contributed by atoms with E-state index in [4.69, 9.17) is 11.6 Å². The van der Waals surface area contributed by atoms with E-state index in [9.17, 15) is 0 Å². The molecule has 1 heterocycles. The smallest absolute Gasteiger partial charge is 0.121 e. The predicted molar refractivity (Wildman–Crippen MR) is 130 cm³/mol. The number of halogens is 1. The third-order valence-electron chi connectivity index (χ3n) is 4.29. The van der Waals surface area contributed by atoms with Crippen LogP contribution in [0.3, 0.4) is 0 Å². The van der Waals surface area contributed by atoms with E-state index in [1.165, 1.54) is 0 Å². The molecule has 0 aliphatic carbocycles. The molecule has 0 radical (unpaired) electrons. The lowest BCUT2D eigenvalue weighted by Crippen LogP contribution is -2.44. The van der Waals surface area contributed by atoms with E-state index in [1.54, 1.807) is 11.3 Å². The molecule has 0 aliphatic heterocycles. The summed E-state index contributed by atoms with van der Waals surface area (Å²) in [6.45, 7) is 13.2. The molecule has 0 aliphatic rings. The molecule has 1 unspecified atom stereocenters. The monoisotopic (exact) mass is 424 g/mol. The Balaban J connectivity index is 0.000000989. The van der Waals surface area contributed by atoms with Crippen LogP contribution in [0.4, 0.5) is 0 Å². The second kappa shape index (κ2) is 12.2. The summed E-state index contributed by atoms with van der Waals surface area (Å²) >= 11 is 7.81. The van der Waals surface area contributed by atoms with E-state index in [1.807, 2.05) is 43.6 Å². The molecule has 0 saturated carbocycles. The van der Waals surface area contributed by atoms with Gasteiger partial charge in [0.2, 0.25) is 0 Å². The molecule has 4 heteroatoms. The highest BCUT2D eigenvalue weighted by molar-refractivity contribution is 7.09. The standard InChI is InChI=1S/C21H21ClN2S.C2H6.C2H2/c1-4-24-21(15(2)3,20-23-11-12-25-20)18-9-5-7-16(13-18)17-8-6-10-19(22)14-17;2*1-2/h5-14,24H,2,4H2,1,3H3;1-2H3;1-2H. The van der Waals surface area contributed by atoms with Gasteiger partial charge in [0, 0.05) is 16.6 Å². The Bertz CT molecular complexity index is 915. The normalized spacial score (nSPS) is 11.8. The molecule has 0 bridgehead atoms. The number of thiazole rings is 1. The summed E-state index contributed by atoms with van der Waals surface area (Å²) in [5, 5.41) is 7.37. The fraction of sp³-hybridized carbons (Fsp3) is 0.240. The van der Waals surface area contributed by atoms with E-state index >= 15 is 0 Å². The molecule has 1 N–H and O–H groups in total. The van der Waals surface area contributed by atoms with Gasteiger partial charge in [-0.3, -0.25) is 5.32 Å². The molecular formula is C25H29ClN2S. The number of terminal acetylenes is 1. The van der Waals surface area contributed by atoms with Crippen LogP contribution in [0.5, 0.6) is 0 Å². The summed E-state index contributed by atoms with van der Waals surface area (Å²) in [7, 11) is 0. The van der Waals surface area contributed by atoms with Crippen molar-refractivity contribution in [2.24, 2.45) is 0 Å². The van der Waals surface area contributed by atoms with Gasteiger partial charge in [0.05, 0.1) is 0 Å². The number of aromatic nitrogens is 1. The lowest BCUT2D eigenvalue weighted by molar-refractivity contribution is 0.477. The average Bonchev–Trinajstić information content (AvgIpc) is 3.30. The number of nitrogens with zero attached hydrogens (tertiary/aromatic N) is 1. The van der Waals surface area contributed by atoms with Crippen LogP contribution in [0.2, 0.25) is 5.02 Å². The number of rotatable bonds is 6. The number of nitrogens with one attached hydrogen (secondary N) is 1. The molecule has 0 spiro atoms. The Morgan fingerprint density at radius 1 is 1.14 bits per heavy atom. The van der Waals surface area contributed by atoms with Crippen molar-refractivity contribution < 1.29 is 0 Å². The van der Waals surface area contributed by atoms with Gasteiger partial charge in [0.15, 0.2) is 0 Å². The average molecular weight is 425 g/mol. The molecule has 2 nitrogen and oxygen atoms in total. The Morgan fingerprint density at radius 2 is 1.76 bits per heavy atom. The first kappa shape index (κ1) is 24.7. The van der Waals surface area contributed by atoms with Crippen LogP contribution < -0.4 is 5.32 Å². The van der Waals surface area contributed by atoms with Crippen molar-refractivity contribution in [3.63, 3.8) is 0 Å². The van der Waals surface area contributed by atoms with E-state index < -0.39 is 5.54 Å². The van der Waals surface area contributed by atoms with Crippen molar-refractivity contribution in [1.82, 2.24) is 10.3 Å². The zero-order chi connectivity index (χ0) is 21.9. The first-order chi connectivity index (χ1) is 14.1. The quantitative estimate of drug-likeness (QED) is 0.335. The van der Waals surface area contributed by atoms with Gasteiger partial charge < -0.3 is 0 Å². The van der Waals surface area contributed by atoms with Crippen LogP contribution in [0.15, 0.2) is 72.3 Å². The molecule has 0 saturated heterocycles. The Kier molecular flexibility index (Phi) is 10.4. The number of hydrogen-bond acceptors (Lipinski definition) is 3. The second-order valence-electron chi connectivity index (χ2n) is 5.99. The van der Waals surface area contributed by atoms with Gasteiger partial charge in [-0.15, -0.1) is 24.2 Å². The van der Waals surface area contributed by atoms with Gasteiger partial charge in [0.1, 0.15) is 10.5 Å². The van der Waals surface area contributed by atoms with Gasteiger partial charge >= 0.3 is 0 Å². The molecule has 2 aromatic carbocycles. The van der Waals surface area contributed by atoms with Crippen molar-refractivity contribution >= 4 is 22.9 Å². The van der Waals surface area contributed by atoms with Crippen LogP contribution in [0.25, 0.3) is 11.1 Å². The summed E-state index contributed by atoms with van der Waals surface area (Å²) < 4.78 is 0. The zero-order valence-corrected chi connectivity index (χ0v) is 19.1. The first-order valence-electron chi connectivity index (χ1n) is 9.58. The molecule has 3 rings (SSSR count). The lowest BCUT2D eigenvalue weighted by Gasteiger charge is -2.34. The van der Waals surface area contributed by atoms with Gasteiger partial charge in [0.25, 0.3) is 0 Å². The third-order valence-corrected chi connectivity index (χ3v) is 5.42. The maximum absolute atomic E-state index is 6.17. The molecule has 152 valence electrons. The minimum absolute atomic E-state index is 0.489. The van der Waals surface area contributed by atoms with Crippen molar-refractivity contribution in [3.8, 4) is 24.0 Å². The van der Waals surface area contributed by atoms with Gasteiger partial charge in [-0.25, -0.2) is 4.98 Å². The van der Waals surface area contributed by atoms with Crippen molar-refractivity contribution in [3.05, 3.63) is 87.9 Å². The maximum Gasteiger partial charge on any atom is 0.121 e. The van der Waals surface area contributed by atoms with Crippen LogP contribution in [-0.4, -0.2) is 11.5 Å². The zero-order valence-electron chi connectivity index (χ0n) is 17.6. The highest BCUT2D eigenvalue weighted by Gasteiger charge is 2.37. The lowest BCUT2D eigenvalue weighted by atomic mass is 9.83. The molecule has 1 aromatic heterocycles. The Hall–Kier alpha value is -2.38. The van der Waals surface area contributed by atoms with Crippen LogP contribution in [-0.2, 0) is 5.54 Å². The van der Waals surface area contributed by atoms with E-state index in [0.29, 0.717) is 0 Å². The fourth-order valence-corrected chi connectivity index (χ4v) is 4.26. The SMILES string of the molecule is C#C.C=C(C)C(NCC)(c1cccc(-c2cccc(Cl)c2)c1)c1nccs1.CC. The minimum Gasteiger partial charge on any atom is -0.299 e. The van der Waals surface area contributed by atoms with Crippen molar-refractivity contribution in [2.45, 2.75) is 33.2 Å².